The molecular formula is C8H14O2. The van der Waals surface area contributed by atoms with Crippen molar-refractivity contribution in [3.05, 3.63) is 7.11 Å². The van der Waals surface area contributed by atoms with Gasteiger partial charge in [-0.2, -0.15) is 0 Å². The monoisotopic (exact) mass is 142 g/mol. The predicted molar refractivity (Wildman–Crippen MR) is 39.1 cm³/mol. The molecule has 0 heterocycles. The molecular weight excluding hydrogens is 128 g/mol. The highest BCUT2D eigenvalue weighted by atomic mass is 16.5. The Morgan fingerprint density at radius 1 is 1.70 bits per heavy atom. The number of hydrogen-bond donors (Lipinski definition) is 0. The van der Waals surface area contributed by atoms with Crippen LogP contribution in [0.3, 0.4) is 0 Å². The second-order valence-corrected chi connectivity index (χ2v) is 2.54. The topological polar surface area (TPSA) is 26.3 Å². The van der Waals surface area contributed by atoms with E-state index in [9.17, 15) is 4.79 Å². The van der Waals surface area contributed by atoms with E-state index in [1.165, 1.54) is 0 Å². The molecule has 1 unspecified atom stereocenters. The lowest BCUT2D eigenvalue weighted by Gasteiger charge is -2.05. The molecule has 0 saturated carbocycles. The van der Waals surface area contributed by atoms with E-state index in [4.69, 9.17) is 0 Å². The zero-order valence-corrected chi connectivity index (χ0v) is 6.59. The molecule has 10 heavy (non-hydrogen) atoms. The van der Waals surface area contributed by atoms with Crippen molar-refractivity contribution in [2.45, 2.75) is 33.1 Å². The molecule has 0 bridgehead atoms. The fraction of sp³-hybridized carbons (Fsp3) is 0.750. The molecule has 1 atom stereocenters. The molecule has 0 N–H and O–H groups in total. The van der Waals surface area contributed by atoms with Crippen LogP contribution in [0.5, 0.6) is 0 Å². The zero-order valence-electron chi connectivity index (χ0n) is 6.59. The summed E-state index contributed by atoms with van der Waals surface area (Å²) in [6, 6.07) is 0. The Kier molecular flexibility index (Phi) is 4.99. The van der Waals surface area contributed by atoms with E-state index in [2.05, 4.69) is 25.7 Å². The first kappa shape index (κ1) is 9.47. The second kappa shape index (κ2) is 5.27. The van der Waals surface area contributed by atoms with Gasteiger partial charge in [-0.3, -0.25) is 4.79 Å². The van der Waals surface area contributed by atoms with Crippen LogP contribution in [0.4, 0.5) is 0 Å². The summed E-state index contributed by atoms with van der Waals surface area (Å²) in [5, 5.41) is 0. The molecule has 2 nitrogen and oxygen atoms in total. The number of carbonyl (C=O) groups excluding carboxylic acids is 1. The highest BCUT2D eigenvalue weighted by molar-refractivity contribution is 5.69. The van der Waals surface area contributed by atoms with Gasteiger partial charge in [0.15, 0.2) is 7.11 Å². The average Bonchev–Trinajstić information content (AvgIpc) is 1.99. The van der Waals surface area contributed by atoms with Gasteiger partial charge in [-0.25, -0.2) is 0 Å². The van der Waals surface area contributed by atoms with Gasteiger partial charge in [0.2, 0.25) is 0 Å². The van der Waals surface area contributed by atoms with Crippen molar-refractivity contribution in [3.63, 3.8) is 0 Å². The Morgan fingerprint density at radius 2 is 2.30 bits per heavy atom. The van der Waals surface area contributed by atoms with Gasteiger partial charge >= 0.3 is 5.97 Å². The predicted octanol–water partition coefficient (Wildman–Crippen LogP) is 2.02. The number of ether oxygens (including phenoxy) is 1. The third kappa shape index (κ3) is 4.36. The lowest BCUT2D eigenvalue weighted by molar-refractivity contribution is -0.138. The van der Waals surface area contributed by atoms with Crippen molar-refractivity contribution in [1.29, 1.82) is 0 Å². The van der Waals surface area contributed by atoms with Crippen molar-refractivity contribution in [1.82, 2.24) is 0 Å². The summed E-state index contributed by atoms with van der Waals surface area (Å²) in [5.74, 6) is 0.263. The standard InChI is InChI=1S/C8H14O2/c1-4-7(2)5-6-8(9)10-3/h3,7H,4-6H2,1-2H3. The first-order valence-electron chi connectivity index (χ1n) is 3.60. The molecule has 0 aromatic heterocycles. The molecule has 0 saturated heterocycles. The van der Waals surface area contributed by atoms with Crippen LogP contribution in [0.1, 0.15) is 33.1 Å². The minimum Gasteiger partial charge on any atom is -0.454 e. The first-order valence-corrected chi connectivity index (χ1v) is 3.60. The fourth-order valence-electron chi connectivity index (χ4n) is 0.627. The van der Waals surface area contributed by atoms with E-state index in [-0.39, 0.29) is 5.97 Å². The van der Waals surface area contributed by atoms with Crippen molar-refractivity contribution >= 4 is 5.97 Å². The molecule has 0 fully saturated rings. The average molecular weight is 142 g/mol. The molecule has 0 aromatic carbocycles. The molecule has 0 amide bonds. The molecule has 0 aliphatic heterocycles. The van der Waals surface area contributed by atoms with Crippen LogP contribution in [0.25, 0.3) is 0 Å². The van der Waals surface area contributed by atoms with E-state index in [1.807, 2.05) is 0 Å². The summed E-state index contributed by atoms with van der Waals surface area (Å²) >= 11 is 0. The molecule has 0 aliphatic rings. The first-order chi connectivity index (χ1) is 4.70. The third-order valence-electron chi connectivity index (χ3n) is 1.67. The third-order valence-corrected chi connectivity index (χ3v) is 1.67. The summed E-state index contributed by atoms with van der Waals surface area (Å²) in [7, 11) is 4.65. The Labute approximate surface area is 62.6 Å². The minimum absolute atomic E-state index is 0.319. The number of esters is 1. The minimum atomic E-state index is -0.319. The number of hydrogen-bond acceptors (Lipinski definition) is 2. The van der Waals surface area contributed by atoms with Gasteiger partial charge in [0.1, 0.15) is 0 Å². The van der Waals surface area contributed by atoms with Crippen LogP contribution < -0.4 is 0 Å². The van der Waals surface area contributed by atoms with Crippen LogP contribution in [-0.2, 0) is 9.53 Å². The molecule has 2 radical (unpaired) electrons. The van der Waals surface area contributed by atoms with E-state index < -0.39 is 0 Å². The Bertz CT molecular complexity index is 99.4. The number of rotatable bonds is 4. The van der Waals surface area contributed by atoms with Gasteiger partial charge in [0.25, 0.3) is 0 Å². The van der Waals surface area contributed by atoms with Crippen LogP contribution in [0, 0.1) is 13.0 Å². The van der Waals surface area contributed by atoms with E-state index in [0.29, 0.717) is 12.3 Å². The van der Waals surface area contributed by atoms with Crippen LogP contribution in [-0.4, -0.2) is 5.97 Å². The second-order valence-electron chi connectivity index (χ2n) is 2.54. The van der Waals surface area contributed by atoms with Gasteiger partial charge in [-0.15, -0.1) is 0 Å². The van der Waals surface area contributed by atoms with Gasteiger partial charge in [-0.1, -0.05) is 20.3 Å². The maximum atomic E-state index is 10.5. The zero-order chi connectivity index (χ0) is 7.98. The van der Waals surface area contributed by atoms with E-state index in [0.717, 1.165) is 12.8 Å². The SMILES string of the molecule is [CH]OC(=O)CCC(C)CC. The molecule has 2 heteroatoms. The van der Waals surface area contributed by atoms with Crippen molar-refractivity contribution in [2.75, 3.05) is 0 Å². The summed E-state index contributed by atoms with van der Waals surface area (Å²) < 4.78 is 4.01. The Balaban J connectivity index is 3.26. The van der Waals surface area contributed by atoms with Gasteiger partial charge in [0, 0.05) is 6.42 Å². The smallest absolute Gasteiger partial charge is 0.306 e. The Morgan fingerprint density at radius 3 is 2.70 bits per heavy atom. The lowest BCUT2D eigenvalue weighted by atomic mass is 10.0. The lowest BCUT2D eigenvalue weighted by Crippen LogP contribution is -2.01. The van der Waals surface area contributed by atoms with E-state index >= 15 is 0 Å². The molecule has 0 spiro atoms. The van der Waals surface area contributed by atoms with Gasteiger partial charge in [0.05, 0.1) is 0 Å². The van der Waals surface area contributed by atoms with E-state index in [1.54, 1.807) is 0 Å². The Hall–Kier alpha value is -0.530. The quantitative estimate of drug-likeness (QED) is 0.561. The molecule has 0 rings (SSSR count). The number of carbonyl (C=O) groups is 1. The van der Waals surface area contributed by atoms with Crippen LogP contribution in [0.2, 0.25) is 0 Å². The van der Waals surface area contributed by atoms with Crippen molar-refractivity contribution in [3.8, 4) is 0 Å². The molecule has 58 valence electrons. The summed E-state index contributed by atoms with van der Waals surface area (Å²) in [4.78, 5) is 10.5. The van der Waals surface area contributed by atoms with Crippen LogP contribution in [0.15, 0.2) is 0 Å². The summed E-state index contributed by atoms with van der Waals surface area (Å²) in [6.45, 7) is 4.20. The van der Waals surface area contributed by atoms with Crippen molar-refractivity contribution < 1.29 is 9.53 Å². The highest BCUT2D eigenvalue weighted by Crippen LogP contribution is 2.09. The largest absolute Gasteiger partial charge is 0.454 e. The summed E-state index contributed by atoms with van der Waals surface area (Å²) in [5.41, 5.74) is 0. The fourth-order valence-corrected chi connectivity index (χ4v) is 0.627. The highest BCUT2D eigenvalue weighted by Gasteiger charge is 2.03. The molecule has 0 aromatic rings. The normalized spacial score (nSPS) is 12.7. The van der Waals surface area contributed by atoms with Crippen LogP contribution >= 0.6 is 0 Å². The maximum Gasteiger partial charge on any atom is 0.306 e. The van der Waals surface area contributed by atoms with Gasteiger partial charge in [-0.05, 0) is 12.3 Å². The summed E-state index contributed by atoms with van der Waals surface area (Å²) in [6.07, 6.45) is 2.40. The van der Waals surface area contributed by atoms with Crippen molar-refractivity contribution in [2.24, 2.45) is 5.92 Å². The molecule has 0 aliphatic carbocycles. The van der Waals surface area contributed by atoms with Gasteiger partial charge < -0.3 is 4.74 Å². The maximum absolute atomic E-state index is 10.5.